The average molecular weight is 417 g/mol. The lowest BCUT2D eigenvalue weighted by atomic mass is 9.95. The van der Waals surface area contributed by atoms with Crippen molar-refractivity contribution >= 4 is 57.4 Å². The molecule has 2 fully saturated rings. The molecule has 3 heterocycles. The normalized spacial score (nSPS) is 20.9. The van der Waals surface area contributed by atoms with Crippen LogP contribution in [0.5, 0.6) is 0 Å². The highest BCUT2D eigenvalue weighted by atomic mass is 35.5. The summed E-state index contributed by atoms with van der Waals surface area (Å²) in [4.78, 5) is 19.5. The van der Waals surface area contributed by atoms with E-state index in [1.807, 2.05) is 6.07 Å². The van der Waals surface area contributed by atoms with Crippen LogP contribution in [0.2, 0.25) is 0 Å². The van der Waals surface area contributed by atoms with Crippen LogP contribution in [-0.2, 0) is 4.79 Å². The third-order valence-electron chi connectivity index (χ3n) is 5.06. The number of para-hydroxylation sites is 1. The molecular formula is C18H26Cl2N4OS. The number of nitrogens with one attached hydrogen (secondary N) is 2. The van der Waals surface area contributed by atoms with Crippen LogP contribution >= 0.6 is 36.2 Å². The maximum Gasteiger partial charge on any atom is 0.223 e. The van der Waals surface area contributed by atoms with Gasteiger partial charge in [0.25, 0.3) is 0 Å². The molecule has 0 saturated carbocycles. The number of carbonyl (C=O) groups is 1. The van der Waals surface area contributed by atoms with Crippen LogP contribution in [-0.4, -0.2) is 43.1 Å². The molecule has 1 atom stereocenters. The Hall–Kier alpha value is -1.08. The number of hydrogen-bond donors (Lipinski definition) is 2. The first kappa shape index (κ1) is 21.2. The summed E-state index contributed by atoms with van der Waals surface area (Å²) in [7, 11) is 0. The number of hydrogen-bond acceptors (Lipinski definition) is 5. The van der Waals surface area contributed by atoms with E-state index in [2.05, 4.69) is 33.7 Å². The van der Waals surface area contributed by atoms with E-state index in [-0.39, 0.29) is 36.6 Å². The van der Waals surface area contributed by atoms with E-state index in [0.29, 0.717) is 6.04 Å². The molecule has 2 aromatic rings. The number of rotatable bonds is 3. The predicted octanol–water partition coefficient (Wildman–Crippen LogP) is 3.22. The van der Waals surface area contributed by atoms with Gasteiger partial charge in [-0.05, 0) is 44.4 Å². The van der Waals surface area contributed by atoms with Gasteiger partial charge in [-0.15, -0.1) is 24.8 Å². The maximum atomic E-state index is 12.5. The Balaban J connectivity index is 0.00000121. The van der Waals surface area contributed by atoms with Crippen molar-refractivity contribution in [3.8, 4) is 0 Å². The summed E-state index contributed by atoms with van der Waals surface area (Å²) >= 11 is 1.75. The fourth-order valence-electron chi connectivity index (χ4n) is 3.62. The Morgan fingerprint density at radius 2 is 1.96 bits per heavy atom. The van der Waals surface area contributed by atoms with Crippen molar-refractivity contribution in [1.82, 2.24) is 15.6 Å². The highest BCUT2D eigenvalue weighted by Gasteiger charge is 2.28. The summed E-state index contributed by atoms with van der Waals surface area (Å²) in [6.07, 6.45) is 4.09. The molecule has 0 bridgehead atoms. The zero-order valence-electron chi connectivity index (χ0n) is 14.6. The number of carbonyl (C=O) groups excluding carboxylic acids is 1. The number of thiazole rings is 1. The summed E-state index contributed by atoms with van der Waals surface area (Å²) in [5.74, 6) is 0.394. The molecule has 2 aliphatic rings. The number of anilines is 1. The second-order valence-corrected chi connectivity index (χ2v) is 7.79. The fourth-order valence-corrected chi connectivity index (χ4v) is 4.64. The zero-order chi connectivity index (χ0) is 16.4. The largest absolute Gasteiger partial charge is 0.352 e. The van der Waals surface area contributed by atoms with E-state index in [1.165, 1.54) is 4.70 Å². The highest BCUT2D eigenvalue weighted by molar-refractivity contribution is 7.22. The molecule has 2 aliphatic heterocycles. The SMILES string of the molecule is Cl.Cl.O=C(N[C@H]1CCCNC1)C1CCN(c2nc3ccccc3s2)CC1. The molecule has 0 unspecified atom stereocenters. The number of amides is 1. The van der Waals surface area contributed by atoms with Crippen molar-refractivity contribution < 1.29 is 4.79 Å². The lowest BCUT2D eigenvalue weighted by Gasteiger charge is -2.32. The molecule has 8 heteroatoms. The van der Waals surface area contributed by atoms with E-state index in [0.717, 1.165) is 62.5 Å². The van der Waals surface area contributed by atoms with Gasteiger partial charge < -0.3 is 15.5 Å². The third-order valence-corrected chi connectivity index (χ3v) is 6.16. The minimum Gasteiger partial charge on any atom is -0.352 e. The van der Waals surface area contributed by atoms with Gasteiger partial charge in [-0.1, -0.05) is 23.5 Å². The van der Waals surface area contributed by atoms with Gasteiger partial charge in [-0.25, -0.2) is 4.98 Å². The number of nitrogens with zero attached hydrogens (tertiary/aromatic N) is 2. The van der Waals surface area contributed by atoms with Crippen molar-refractivity contribution in [2.24, 2.45) is 5.92 Å². The van der Waals surface area contributed by atoms with Crippen LogP contribution in [0.3, 0.4) is 0 Å². The van der Waals surface area contributed by atoms with Crippen molar-refractivity contribution in [2.45, 2.75) is 31.7 Å². The van der Waals surface area contributed by atoms with Crippen LogP contribution in [0.1, 0.15) is 25.7 Å². The Labute approximate surface area is 170 Å². The van der Waals surface area contributed by atoms with E-state index in [1.54, 1.807) is 11.3 Å². The van der Waals surface area contributed by atoms with Gasteiger partial charge >= 0.3 is 0 Å². The van der Waals surface area contributed by atoms with Crippen LogP contribution < -0.4 is 15.5 Å². The van der Waals surface area contributed by atoms with Crippen molar-refractivity contribution in [1.29, 1.82) is 0 Å². The fraction of sp³-hybridized carbons (Fsp3) is 0.556. The molecule has 26 heavy (non-hydrogen) atoms. The first-order valence-electron chi connectivity index (χ1n) is 8.91. The molecule has 2 N–H and O–H groups in total. The minimum absolute atomic E-state index is 0. The summed E-state index contributed by atoms with van der Waals surface area (Å²) < 4.78 is 1.23. The Kier molecular flexibility index (Phi) is 7.95. The summed E-state index contributed by atoms with van der Waals surface area (Å²) in [6.45, 7) is 3.82. The number of piperidine rings is 2. The maximum absolute atomic E-state index is 12.5. The summed E-state index contributed by atoms with van der Waals surface area (Å²) in [6, 6.07) is 8.58. The van der Waals surface area contributed by atoms with Crippen LogP contribution in [0.15, 0.2) is 24.3 Å². The van der Waals surface area contributed by atoms with E-state index in [4.69, 9.17) is 4.98 Å². The molecule has 0 aliphatic carbocycles. The molecule has 1 amide bonds. The van der Waals surface area contributed by atoms with Gasteiger partial charge in [0.15, 0.2) is 5.13 Å². The predicted molar refractivity (Wildman–Crippen MR) is 113 cm³/mol. The Morgan fingerprint density at radius 3 is 2.65 bits per heavy atom. The van der Waals surface area contributed by atoms with E-state index >= 15 is 0 Å². The van der Waals surface area contributed by atoms with Gasteiger partial charge in [0.2, 0.25) is 5.91 Å². The molecule has 0 radical (unpaired) electrons. The molecule has 5 nitrogen and oxygen atoms in total. The molecule has 144 valence electrons. The average Bonchev–Trinajstić information content (AvgIpc) is 3.07. The quantitative estimate of drug-likeness (QED) is 0.805. The Bertz CT molecular complexity index is 679. The first-order valence-corrected chi connectivity index (χ1v) is 9.73. The molecule has 4 rings (SSSR count). The van der Waals surface area contributed by atoms with Crippen LogP contribution in [0.4, 0.5) is 5.13 Å². The standard InChI is InChI=1S/C18H24N4OS.2ClH/c23-17(20-14-4-3-9-19-12-14)13-7-10-22(11-8-13)18-21-15-5-1-2-6-16(15)24-18;;/h1-2,5-6,13-14,19H,3-4,7-12H2,(H,20,23);2*1H/t14-;;/m0../s1. The van der Waals surface area contributed by atoms with Gasteiger partial charge in [-0.2, -0.15) is 0 Å². The molecule has 2 saturated heterocycles. The number of benzene rings is 1. The molecular weight excluding hydrogens is 391 g/mol. The topological polar surface area (TPSA) is 57.3 Å². The second kappa shape index (κ2) is 9.74. The zero-order valence-corrected chi connectivity index (χ0v) is 17.1. The summed E-state index contributed by atoms with van der Waals surface area (Å²) in [5, 5.41) is 7.68. The van der Waals surface area contributed by atoms with E-state index in [9.17, 15) is 4.79 Å². The third kappa shape index (κ3) is 4.80. The first-order chi connectivity index (χ1) is 11.8. The van der Waals surface area contributed by atoms with Gasteiger partial charge in [-0.3, -0.25) is 4.79 Å². The molecule has 1 aromatic carbocycles. The van der Waals surface area contributed by atoms with E-state index < -0.39 is 0 Å². The van der Waals surface area contributed by atoms with Crippen molar-refractivity contribution in [2.75, 3.05) is 31.1 Å². The molecule has 0 spiro atoms. The van der Waals surface area contributed by atoms with Crippen LogP contribution in [0, 0.1) is 5.92 Å². The van der Waals surface area contributed by atoms with Gasteiger partial charge in [0, 0.05) is 31.6 Å². The van der Waals surface area contributed by atoms with Crippen molar-refractivity contribution in [3.63, 3.8) is 0 Å². The minimum atomic E-state index is 0. The molecule has 1 aromatic heterocycles. The van der Waals surface area contributed by atoms with Crippen LogP contribution in [0.25, 0.3) is 10.2 Å². The highest BCUT2D eigenvalue weighted by Crippen LogP contribution is 2.31. The smallest absolute Gasteiger partial charge is 0.223 e. The second-order valence-electron chi connectivity index (χ2n) is 6.78. The lowest BCUT2D eigenvalue weighted by molar-refractivity contribution is -0.126. The summed E-state index contributed by atoms with van der Waals surface area (Å²) in [5.41, 5.74) is 1.07. The van der Waals surface area contributed by atoms with Gasteiger partial charge in [0.05, 0.1) is 10.2 Å². The van der Waals surface area contributed by atoms with Gasteiger partial charge in [0.1, 0.15) is 0 Å². The number of halogens is 2. The Morgan fingerprint density at radius 1 is 1.19 bits per heavy atom. The number of fused-ring (bicyclic) bond motifs is 1. The van der Waals surface area contributed by atoms with Crippen molar-refractivity contribution in [3.05, 3.63) is 24.3 Å². The number of aromatic nitrogens is 1. The monoisotopic (exact) mass is 416 g/mol. The lowest BCUT2D eigenvalue weighted by Crippen LogP contribution is -2.49.